The van der Waals surface area contributed by atoms with Crippen molar-refractivity contribution >= 4 is 34.8 Å². The van der Waals surface area contributed by atoms with Gasteiger partial charge in [0.15, 0.2) is 0 Å². The van der Waals surface area contributed by atoms with E-state index in [1.54, 1.807) is 24.3 Å². The monoisotopic (exact) mass is 422 g/mol. The summed E-state index contributed by atoms with van der Waals surface area (Å²) < 4.78 is 0. The highest BCUT2D eigenvalue weighted by molar-refractivity contribution is 5.98. The van der Waals surface area contributed by atoms with E-state index < -0.39 is 0 Å². The molecule has 0 aliphatic heterocycles. The van der Waals surface area contributed by atoms with Crippen molar-refractivity contribution in [1.29, 1.82) is 0 Å². The Bertz CT molecular complexity index is 969. The predicted molar refractivity (Wildman–Crippen MR) is 123 cm³/mol. The van der Waals surface area contributed by atoms with Gasteiger partial charge in [0.2, 0.25) is 11.8 Å². The molecule has 0 saturated heterocycles. The Morgan fingerprint density at radius 1 is 1.03 bits per heavy atom. The molecule has 3 rings (SSSR count). The maximum Gasteiger partial charge on any atom is 0.251 e. The van der Waals surface area contributed by atoms with E-state index in [0.29, 0.717) is 11.3 Å². The van der Waals surface area contributed by atoms with Crippen LogP contribution in [0, 0.1) is 12.8 Å². The molecule has 4 N–H and O–H groups in total. The first-order valence-corrected chi connectivity index (χ1v) is 10.7. The predicted octanol–water partition coefficient (Wildman–Crippen LogP) is 3.92. The fourth-order valence-electron chi connectivity index (χ4n) is 3.07. The van der Waals surface area contributed by atoms with E-state index in [-0.39, 0.29) is 36.2 Å². The van der Waals surface area contributed by atoms with Crippen LogP contribution in [0.25, 0.3) is 0 Å². The lowest BCUT2D eigenvalue weighted by Gasteiger charge is -2.14. The zero-order valence-electron chi connectivity index (χ0n) is 18.2. The average molecular weight is 423 g/mol. The van der Waals surface area contributed by atoms with Crippen LogP contribution in [0.3, 0.4) is 0 Å². The van der Waals surface area contributed by atoms with Crippen LogP contribution in [0.2, 0.25) is 0 Å². The number of amides is 3. The molecule has 3 amide bonds. The van der Waals surface area contributed by atoms with Crippen LogP contribution in [0.15, 0.2) is 42.5 Å². The molecule has 2 aromatic carbocycles. The first-order chi connectivity index (χ1) is 14.9. The molecule has 1 fully saturated rings. The molecule has 0 bridgehead atoms. The maximum atomic E-state index is 12.4. The Hall–Kier alpha value is -3.35. The molecule has 164 valence electrons. The van der Waals surface area contributed by atoms with Gasteiger partial charge in [0.1, 0.15) is 0 Å². The zero-order valence-corrected chi connectivity index (χ0v) is 18.2. The minimum Gasteiger partial charge on any atom is -0.376 e. The number of anilines is 3. The highest BCUT2D eigenvalue weighted by Gasteiger charge is 2.29. The minimum atomic E-state index is -0.230. The second kappa shape index (κ2) is 10.1. The highest BCUT2D eigenvalue weighted by atomic mass is 16.2. The summed E-state index contributed by atoms with van der Waals surface area (Å²) in [6.07, 6.45) is 2.74. The third kappa shape index (κ3) is 6.31. The summed E-state index contributed by atoms with van der Waals surface area (Å²) in [5, 5.41) is 11.8. The third-order valence-electron chi connectivity index (χ3n) is 5.38. The molecule has 0 spiro atoms. The maximum absolute atomic E-state index is 12.4. The Morgan fingerprint density at radius 2 is 1.74 bits per heavy atom. The molecule has 31 heavy (non-hydrogen) atoms. The number of rotatable bonds is 9. The van der Waals surface area contributed by atoms with Gasteiger partial charge in [-0.15, -0.1) is 0 Å². The van der Waals surface area contributed by atoms with Crippen LogP contribution >= 0.6 is 0 Å². The summed E-state index contributed by atoms with van der Waals surface area (Å²) in [6.45, 7) is 5.92. The van der Waals surface area contributed by atoms with Crippen LogP contribution in [0.1, 0.15) is 49.0 Å². The Kier molecular flexibility index (Phi) is 7.28. The topological polar surface area (TPSA) is 99.3 Å². The van der Waals surface area contributed by atoms with Crippen molar-refractivity contribution in [2.24, 2.45) is 5.92 Å². The Morgan fingerprint density at radius 3 is 2.45 bits per heavy atom. The molecular formula is C24H30N4O3. The van der Waals surface area contributed by atoms with Gasteiger partial charge < -0.3 is 21.3 Å². The van der Waals surface area contributed by atoms with Crippen LogP contribution in [0.4, 0.5) is 17.1 Å². The fourth-order valence-corrected chi connectivity index (χ4v) is 3.07. The molecule has 0 aromatic heterocycles. The van der Waals surface area contributed by atoms with E-state index >= 15 is 0 Å². The number of carbonyl (C=O) groups is 3. The summed E-state index contributed by atoms with van der Waals surface area (Å²) in [5.74, 6) is -0.212. The standard InChI is InChI=1S/C24H30N4O3/c1-4-15(2)26-24(31)18-7-5-8-19(13-18)27-22(29)14-25-20-9-6-10-21(16(20)3)28-23(30)17-11-12-17/h5-10,13,15,17,25H,4,11-12,14H2,1-3H3,(H,26,31)(H,27,29)(H,28,30). The first-order valence-electron chi connectivity index (χ1n) is 10.7. The van der Waals surface area contributed by atoms with Crippen LogP contribution in [0.5, 0.6) is 0 Å². The molecule has 1 unspecified atom stereocenters. The number of carbonyl (C=O) groups excluding carboxylic acids is 3. The van der Waals surface area contributed by atoms with Gasteiger partial charge in [-0.2, -0.15) is 0 Å². The van der Waals surface area contributed by atoms with Crippen molar-refractivity contribution in [1.82, 2.24) is 5.32 Å². The third-order valence-corrected chi connectivity index (χ3v) is 5.38. The molecule has 7 nitrogen and oxygen atoms in total. The summed E-state index contributed by atoms with van der Waals surface area (Å²) in [4.78, 5) is 36.7. The molecule has 0 heterocycles. The van der Waals surface area contributed by atoms with E-state index in [9.17, 15) is 14.4 Å². The van der Waals surface area contributed by atoms with E-state index in [1.165, 1.54) is 0 Å². The number of hydrogen-bond acceptors (Lipinski definition) is 4. The molecule has 1 atom stereocenters. The first kappa shape index (κ1) is 22.3. The molecule has 7 heteroatoms. The van der Waals surface area contributed by atoms with Crippen LogP contribution in [-0.2, 0) is 9.59 Å². The lowest BCUT2D eigenvalue weighted by atomic mass is 10.1. The SMILES string of the molecule is CCC(C)NC(=O)c1cccc(NC(=O)CNc2cccc(NC(=O)C3CC3)c2C)c1. The Balaban J connectivity index is 1.56. The van der Waals surface area contributed by atoms with Crippen LogP contribution in [-0.4, -0.2) is 30.3 Å². The highest BCUT2D eigenvalue weighted by Crippen LogP contribution is 2.31. The van der Waals surface area contributed by atoms with E-state index in [0.717, 1.165) is 36.2 Å². The zero-order chi connectivity index (χ0) is 22.4. The number of benzene rings is 2. The molecule has 0 radical (unpaired) electrons. The van der Waals surface area contributed by atoms with Gasteiger partial charge in [0.25, 0.3) is 5.91 Å². The van der Waals surface area contributed by atoms with E-state index in [1.807, 2.05) is 39.0 Å². The van der Waals surface area contributed by atoms with Gasteiger partial charge in [-0.05, 0) is 69.0 Å². The molecule has 1 aliphatic rings. The summed E-state index contributed by atoms with van der Waals surface area (Å²) in [5.41, 5.74) is 3.48. The molecule has 2 aromatic rings. The van der Waals surface area contributed by atoms with Gasteiger partial charge in [0.05, 0.1) is 6.54 Å². The van der Waals surface area contributed by atoms with Gasteiger partial charge in [-0.3, -0.25) is 14.4 Å². The largest absolute Gasteiger partial charge is 0.376 e. The normalized spacial score (nSPS) is 13.8. The van der Waals surface area contributed by atoms with Gasteiger partial charge >= 0.3 is 0 Å². The van der Waals surface area contributed by atoms with E-state index in [4.69, 9.17) is 0 Å². The van der Waals surface area contributed by atoms with Gasteiger partial charge in [-0.1, -0.05) is 19.1 Å². The van der Waals surface area contributed by atoms with Crippen molar-refractivity contribution in [3.63, 3.8) is 0 Å². The van der Waals surface area contributed by atoms with Crippen molar-refractivity contribution in [3.8, 4) is 0 Å². The lowest BCUT2D eigenvalue weighted by molar-refractivity contribution is -0.117. The van der Waals surface area contributed by atoms with Crippen molar-refractivity contribution in [2.45, 2.75) is 46.1 Å². The van der Waals surface area contributed by atoms with Crippen LogP contribution < -0.4 is 21.3 Å². The molecular weight excluding hydrogens is 392 g/mol. The molecule has 1 aliphatic carbocycles. The average Bonchev–Trinajstić information content (AvgIpc) is 3.60. The second-order valence-electron chi connectivity index (χ2n) is 8.01. The molecule has 1 saturated carbocycles. The van der Waals surface area contributed by atoms with Crippen molar-refractivity contribution in [2.75, 3.05) is 22.5 Å². The summed E-state index contributed by atoms with van der Waals surface area (Å²) >= 11 is 0. The number of nitrogens with one attached hydrogen (secondary N) is 4. The summed E-state index contributed by atoms with van der Waals surface area (Å²) in [6, 6.07) is 12.5. The quantitative estimate of drug-likeness (QED) is 0.492. The smallest absolute Gasteiger partial charge is 0.251 e. The van der Waals surface area contributed by atoms with Crippen molar-refractivity contribution in [3.05, 3.63) is 53.6 Å². The lowest BCUT2D eigenvalue weighted by Crippen LogP contribution is -2.32. The minimum absolute atomic E-state index is 0.0512. The second-order valence-corrected chi connectivity index (χ2v) is 8.01. The van der Waals surface area contributed by atoms with Crippen molar-refractivity contribution < 1.29 is 14.4 Å². The Labute approximate surface area is 183 Å². The summed E-state index contributed by atoms with van der Waals surface area (Å²) in [7, 11) is 0. The van der Waals surface area contributed by atoms with Gasteiger partial charge in [-0.25, -0.2) is 0 Å². The van der Waals surface area contributed by atoms with Gasteiger partial charge in [0, 0.05) is 34.6 Å². The van der Waals surface area contributed by atoms with E-state index in [2.05, 4.69) is 21.3 Å². The fraction of sp³-hybridized carbons (Fsp3) is 0.375. The number of hydrogen-bond donors (Lipinski definition) is 4.